The van der Waals surface area contributed by atoms with E-state index < -0.39 is 0 Å². The third-order valence-corrected chi connectivity index (χ3v) is 2.14. The average molecular weight is 191 g/mol. The number of hydrogen-bond donors (Lipinski definition) is 1. The van der Waals surface area contributed by atoms with E-state index in [1.807, 2.05) is 0 Å². The van der Waals surface area contributed by atoms with Crippen molar-refractivity contribution in [3.8, 4) is 16.9 Å². The molecule has 0 saturated carbocycles. The quantitative estimate of drug-likeness (QED) is 0.736. The minimum Gasteiger partial charge on any atom is -0.508 e. The van der Waals surface area contributed by atoms with Crippen LogP contribution in [0.5, 0.6) is 5.75 Å². The molecule has 72 valence electrons. The van der Waals surface area contributed by atoms with E-state index in [-0.39, 0.29) is 11.7 Å². The van der Waals surface area contributed by atoms with E-state index in [1.54, 1.807) is 37.5 Å². The monoisotopic (exact) mass is 191 g/mol. The Morgan fingerprint density at radius 1 is 1.14 bits per heavy atom. The molecule has 0 saturated heterocycles. The lowest BCUT2D eigenvalue weighted by atomic mass is 10.1. The molecule has 0 bridgehead atoms. The summed E-state index contributed by atoms with van der Waals surface area (Å²) in [5.74, 6) is -0.0572. The summed E-state index contributed by atoms with van der Waals surface area (Å²) in [6, 6.07) is 8.14. The molecular formula is C11H10FNO. The first kappa shape index (κ1) is 8.81. The van der Waals surface area contributed by atoms with Crippen molar-refractivity contribution in [2.24, 2.45) is 7.05 Å². The van der Waals surface area contributed by atoms with Crippen LogP contribution < -0.4 is 0 Å². The molecule has 0 aliphatic carbocycles. The Labute approximate surface area is 81.2 Å². The molecule has 3 heteroatoms. The lowest BCUT2D eigenvalue weighted by Crippen LogP contribution is -1.86. The first-order valence-electron chi connectivity index (χ1n) is 4.28. The van der Waals surface area contributed by atoms with E-state index in [0.717, 1.165) is 11.1 Å². The predicted octanol–water partition coefficient (Wildman–Crippen LogP) is 2.54. The van der Waals surface area contributed by atoms with Gasteiger partial charge in [0.25, 0.3) is 0 Å². The number of rotatable bonds is 1. The lowest BCUT2D eigenvalue weighted by molar-refractivity contribution is 0.475. The van der Waals surface area contributed by atoms with Crippen molar-refractivity contribution < 1.29 is 9.50 Å². The van der Waals surface area contributed by atoms with Gasteiger partial charge in [-0.25, -0.2) is 0 Å². The molecule has 1 aromatic carbocycles. The highest BCUT2D eigenvalue weighted by Crippen LogP contribution is 2.22. The lowest BCUT2D eigenvalue weighted by Gasteiger charge is -1.96. The summed E-state index contributed by atoms with van der Waals surface area (Å²) in [5.41, 5.74) is 1.70. The van der Waals surface area contributed by atoms with Crippen LogP contribution in [0.3, 0.4) is 0 Å². The van der Waals surface area contributed by atoms with Crippen LogP contribution in [-0.2, 0) is 7.05 Å². The van der Waals surface area contributed by atoms with Crippen LogP contribution in [0.25, 0.3) is 11.1 Å². The molecule has 2 nitrogen and oxygen atoms in total. The summed E-state index contributed by atoms with van der Waals surface area (Å²) in [7, 11) is 1.65. The average Bonchev–Trinajstić information content (AvgIpc) is 2.48. The molecular weight excluding hydrogens is 181 g/mol. The van der Waals surface area contributed by atoms with Gasteiger partial charge >= 0.3 is 0 Å². The Kier molecular flexibility index (Phi) is 2.00. The second-order valence-corrected chi connectivity index (χ2v) is 3.21. The summed E-state index contributed by atoms with van der Waals surface area (Å²) in [6.07, 6.45) is 1.71. The van der Waals surface area contributed by atoms with Gasteiger partial charge in [0.05, 0.1) is 0 Å². The summed E-state index contributed by atoms with van der Waals surface area (Å²) >= 11 is 0. The minimum atomic E-state index is -0.270. The van der Waals surface area contributed by atoms with E-state index in [9.17, 15) is 4.39 Å². The Morgan fingerprint density at radius 2 is 1.79 bits per heavy atom. The van der Waals surface area contributed by atoms with E-state index in [4.69, 9.17) is 5.11 Å². The summed E-state index contributed by atoms with van der Waals surface area (Å²) in [4.78, 5) is 0. The van der Waals surface area contributed by atoms with Gasteiger partial charge in [0.1, 0.15) is 5.75 Å². The van der Waals surface area contributed by atoms with Gasteiger partial charge in [-0.1, -0.05) is 12.1 Å². The standard InChI is InChI=1S/C11H10FNO/c1-13-7-9(6-11(13)12)8-2-4-10(14)5-3-8/h2-7,14H,1H3. The number of phenolic OH excluding ortho intramolecular Hbond substituents is 1. The van der Waals surface area contributed by atoms with Gasteiger partial charge in [0, 0.05) is 24.9 Å². The molecule has 0 atom stereocenters. The maximum atomic E-state index is 13.0. The van der Waals surface area contributed by atoms with Crippen LogP contribution in [0.15, 0.2) is 36.5 Å². The SMILES string of the molecule is Cn1cc(-c2ccc(O)cc2)cc1F. The zero-order valence-electron chi connectivity index (χ0n) is 7.74. The molecule has 1 heterocycles. The van der Waals surface area contributed by atoms with Crippen molar-refractivity contribution in [1.82, 2.24) is 4.57 Å². The number of benzene rings is 1. The van der Waals surface area contributed by atoms with Crippen molar-refractivity contribution in [1.29, 1.82) is 0 Å². The van der Waals surface area contributed by atoms with Crippen LogP contribution in [-0.4, -0.2) is 9.67 Å². The second-order valence-electron chi connectivity index (χ2n) is 3.21. The highest BCUT2D eigenvalue weighted by Gasteiger charge is 2.03. The van der Waals surface area contributed by atoms with Crippen molar-refractivity contribution in [2.75, 3.05) is 0 Å². The fourth-order valence-electron chi connectivity index (χ4n) is 1.35. The minimum absolute atomic E-state index is 0.213. The molecule has 0 fully saturated rings. The van der Waals surface area contributed by atoms with Gasteiger partial charge in [-0.15, -0.1) is 0 Å². The van der Waals surface area contributed by atoms with E-state index in [1.165, 1.54) is 10.6 Å². The number of aromatic hydroxyl groups is 1. The number of aryl methyl sites for hydroxylation is 1. The fraction of sp³-hybridized carbons (Fsp3) is 0.0909. The third-order valence-electron chi connectivity index (χ3n) is 2.14. The van der Waals surface area contributed by atoms with E-state index in [2.05, 4.69) is 0 Å². The van der Waals surface area contributed by atoms with E-state index in [0.29, 0.717) is 0 Å². The second kappa shape index (κ2) is 3.18. The van der Waals surface area contributed by atoms with Gasteiger partial charge in [0.2, 0.25) is 0 Å². The maximum absolute atomic E-state index is 13.0. The van der Waals surface area contributed by atoms with Gasteiger partial charge in [-0.2, -0.15) is 4.39 Å². The van der Waals surface area contributed by atoms with Crippen molar-refractivity contribution in [2.45, 2.75) is 0 Å². The Balaban J connectivity index is 2.44. The largest absolute Gasteiger partial charge is 0.508 e. The molecule has 0 radical (unpaired) electrons. The van der Waals surface area contributed by atoms with Crippen molar-refractivity contribution in [3.63, 3.8) is 0 Å². The number of hydrogen-bond acceptors (Lipinski definition) is 1. The molecule has 1 N–H and O–H groups in total. The number of aromatic nitrogens is 1. The van der Waals surface area contributed by atoms with Crippen LogP contribution in [0.2, 0.25) is 0 Å². The summed E-state index contributed by atoms with van der Waals surface area (Å²) < 4.78 is 14.4. The fourth-order valence-corrected chi connectivity index (χ4v) is 1.35. The van der Waals surface area contributed by atoms with Crippen LogP contribution in [0.1, 0.15) is 0 Å². The van der Waals surface area contributed by atoms with E-state index >= 15 is 0 Å². The number of nitrogens with zero attached hydrogens (tertiary/aromatic N) is 1. The Hall–Kier alpha value is -1.77. The zero-order valence-corrected chi connectivity index (χ0v) is 7.74. The molecule has 0 unspecified atom stereocenters. The van der Waals surface area contributed by atoms with Gasteiger partial charge < -0.3 is 9.67 Å². The van der Waals surface area contributed by atoms with Crippen molar-refractivity contribution in [3.05, 3.63) is 42.5 Å². The number of phenols is 1. The molecule has 14 heavy (non-hydrogen) atoms. The molecule has 1 aromatic heterocycles. The Morgan fingerprint density at radius 3 is 2.29 bits per heavy atom. The molecule has 0 spiro atoms. The summed E-state index contributed by atoms with van der Waals surface area (Å²) in [6.45, 7) is 0. The summed E-state index contributed by atoms with van der Waals surface area (Å²) in [5, 5.41) is 9.08. The van der Waals surface area contributed by atoms with Gasteiger partial charge in [0.15, 0.2) is 5.95 Å². The smallest absolute Gasteiger partial charge is 0.194 e. The molecule has 2 aromatic rings. The van der Waals surface area contributed by atoms with Crippen molar-refractivity contribution >= 4 is 0 Å². The predicted molar refractivity (Wildman–Crippen MR) is 52.5 cm³/mol. The molecule has 0 aliphatic rings. The highest BCUT2D eigenvalue weighted by molar-refractivity contribution is 5.63. The van der Waals surface area contributed by atoms with Crippen LogP contribution in [0, 0.1) is 5.95 Å². The third kappa shape index (κ3) is 1.48. The first-order chi connectivity index (χ1) is 6.66. The Bertz CT molecular complexity index is 425. The van der Waals surface area contributed by atoms with Crippen LogP contribution in [0.4, 0.5) is 4.39 Å². The molecule has 0 aliphatic heterocycles. The maximum Gasteiger partial charge on any atom is 0.194 e. The van der Waals surface area contributed by atoms with Crippen LogP contribution >= 0.6 is 0 Å². The molecule has 2 rings (SSSR count). The molecule has 0 amide bonds. The topological polar surface area (TPSA) is 25.2 Å². The normalized spacial score (nSPS) is 10.4. The van der Waals surface area contributed by atoms with Gasteiger partial charge in [-0.05, 0) is 17.7 Å². The number of halogens is 1. The highest BCUT2D eigenvalue weighted by atomic mass is 19.1. The first-order valence-corrected chi connectivity index (χ1v) is 4.28. The zero-order chi connectivity index (χ0) is 10.1. The van der Waals surface area contributed by atoms with Gasteiger partial charge in [-0.3, -0.25) is 0 Å².